The van der Waals surface area contributed by atoms with Gasteiger partial charge in [-0.2, -0.15) is 0 Å². The van der Waals surface area contributed by atoms with Gasteiger partial charge in [0.05, 0.1) is 11.9 Å². The normalized spacial score (nSPS) is 12.3. The summed E-state index contributed by atoms with van der Waals surface area (Å²) in [5.41, 5.74) is 1.78. The molecule has 146 valence electrons. The van der Waals surface area contributed by atoms with Gasteiger partial charge in [0.2, 0.25) is 10.0 Å². The lowest BCUT2D eigenvalue weighted by molar-refractivity contribution is -0.123. The van der Waals surface area contributed by atoms with Crippen LogP contribution in [0.5, 0.6) is 5.75 Å². The van der Waals surface area contributed by atoms with Gasteiger partial charge in [0.1, 0.15) is 5.75 Å². The van der Waals surface area contributed by atoms with Gasteiger partial charge in [0, 0.05) is 13.1 Å². The summed E-state index contributed by atoms with van der Waals surface area (Å²) in [5, 5.41) is 2.92. The molecule has 0 saturated heterocycles. The number of benzene rings is 2. The molecule has 0 bridgehead atoms. The molecule has 0 aromatic heterocycles. The highest BCUT2D eigenvalue weighted by atomic mass is 32.2. The third-order valence-corrected chi connectivity index (χ3v) is 5.39. The summed E-state index contributed by atoms with van der Waals surface area (Å²) in [4.78, 5) is 12.0. The van der Waals surface area contributed by atoms with Crippen molar-refractivity contribution in [3.05, 3.63) is 60.2 Å². The Balaban J connectivity index is 1.76. The molecule has 1 N–H and O–H groups in total. The number of rotatable bonds is 9. The zero-order valence-electron chi connectivity index (χ0n) is 15.9. The summed E-state index contributed by atoms with van der Waals surface area (Å²) < 4.78 is 29.7. The maximum atomic E-state index is 12.0. The monoisotopic (exact) mass is 390 g/mol. The Morgan fingerprint density at radius 2 is 1.74 bits per heavy atom. The molecular formula is C20H26N2O4S. The molecule has 27 heavy (non-hydrogen) atoms. The van der Waals surface area contributed by atoms with E-state index in [-0.39, 0.29) is 18.6 Å². The van der Waals surface area contributed by atoms with Crippen molar-refractivity contribution in [2.24, 2.45) is 0 Å². The second kappa shape index (κ2) is 9.41. The summed E-state index contributed by atoms with van der Waals surface area (Å²) in [6, 6.07) is 16.7. The minimum Gasteiger partial charge on any atom is -0.484 e. The lowest BCUT2D eigenvalue weighted by Gasteiger charge is -2.17. The molecule has 2 rings (SSSR count). The van der Waals surface area contributed by atoms with Gasteiger partial charge in [-0.15, -0.1) is 0 Å². The Kier molecular flexibility index (Phi) is 7.24. The van der Waals surface area contributed by atoms with E-state index in [2.05, 4.69) is 17.4 Å². The van der Waals surface area contributed by atoms with E-state index < -0.39 is 10.0 Å². The molecule has 1 atom stereocenters. The first kappa shape index (κ1) is 20.8. The molecule has 0 heterocycles. The summed E-state index contributed by atoms with van der Waals surface area (Å²) in [7, 11) is -1.82. The van der Waals surface area contributed by atoms with Gasteiger partial charge in [-0.3, -0.25) is 9.10 Å². The Bertz CT molecular complexity index is 836. The number of nitrogens with zero attached hydrogens (tertiary/aromatic N) is 1. The van der Waals surface area contributed by atoms with Crippen LogP contribution in [-0.4, -0.2) is 40.3 Å². The average Bonchev–Trinajstić information content (AvgIpc) is 2.64. The molecule has 2 aromatic rings. The fraction of sp³-hybridized carbons (Fsp3) is 0.350. The number of ether oxygens (including phenoxy) is 1. The summed E-state index contributed by atoms with van der Waals surface area (Å²) in [6.07, 6.45) is 2.89. The van der Waals surface area contributed by atoms with Crippen LogP contribution in [0.3, 0.4) is 0 Å². The van der Waals surface area contributed by atoms with E-state index in [1.165, 1.54) is 16.9 Å². The maximum Gasteiger partial charge on any atom is 0.258 e. The summed E-state index contributed by atoms with van der Waals surface area (Å²) in [6.45, 7) is 1.88. The van der Waals surface area contributed by atoms with Gasteiger partial charge >= 0.3 is 0 Å². The van der Waals surface area contributed by atoms with E-state index in [1.807, 2.05) is 25.1 Å². The maximum absolute atomic E-state index is 12.0. The number of carbonyl (C=O) groups is 1. The zero-order valence-corrected chi connectivity index (χ0v) is 16.7. The molecule has 6 nitrogen and oxygen atoms in total. The first-order valence-corrected chi connectivity index (χ1v) is 10.6. The van der Waals surface area contributed by atoms with Gasteiger partial charge in [-0.05, 0) is 49.6 Å². The van der Waals surface area contributed by atoms with Crippen molar-refractivity contribution in [2.45, 2.75) is 25.8 Å². The van der Waals surface area contributed by atoms with Crippen molar-refractivity contribution in [3.8, 4) is 5.75 Å². The highest BCUT2D eigenvalue weighted by Crippen LogP contribution is 2.20. The first-order chi connectivity index (χ1) is 12.8. The van der Waals surface area contributed by atoms with Gasteiger partial charge in [0.15, 0.2) is 6.61 Å². The van der Waals surface area contributed by atoms with Crippen LogP contribution in [0.1, 0.15) is 18.9 Å². The molecule has 0 fully saturated rings. The molecule has 0 unspecified atom stereocenters. The number of aryl methyl sites for hydroxylation is 1. The summed E-state index contributed by atoms with van der Waals surface area (Å²) in [5.74, 6) is 0.320. The fourth-order valence-corrected chi connectivity index (χ4v) is 3.01. The predicted octanol–water partition coefficient (Wildman–Crippen LogP) is 2.60. The summed E-state index contributed by atoms with van der Waals surface area (Å²) >= 11 is 0. The average molecular weight is 391 g/mol. The van der Waals surface area contributed by atoms with Crippen molar-refractivity contribution < 1.29 is 17.9 Å². The van der Waals surface area contributed by atoms with Crippen LogP contribution >= 0.6 is 0 Å². The van der Waals surface area contributed by atoms with Gasteiger partial charge < -0.3 is 10.1 Å². The molecule has 2 aromatic carbocycles. The molecule has 0 spiro atoms. The molecule has 1 amide bonds. The van der Waals surface area contributed by atoms with Gasteiger partial charge in [0.25, 0.3) is 5.91 Å². The zero-order chi connectivity index (χ0) is 19.9. The Hall–Kier alpha value is -2.54. The van der Waals surface area contributed by atoms with Crippen LogP contribution in [-0.2, 0) is 21.2 Å². The van der Waals surface area contributed by atoms with Crippen LogP contribution in [0.2, 0.25) is 0 Å². The fourth-order valence-electron chi connectivity index (χ4n) is 2.51. The molecule has 0 radical (unpaired) electrons. The number of hydrogen-bond acceptors (Lipinski definition) is 4. The number of amides is 1. The van der Waals surface area contributed by atoms with Crippen LogP contribution in [0.25, 0.3) is 0 Å². The lowest BCUT2D eigenvalue weighted by atomic mass is 10.1. The predicted molar refractivity (Wildman–Crippen MR) is 108 cm³/mol. The van der Waals surface area contributed by atoms with Crippen molar-refractivity contribution >= 4 is 21.6 Å². The van der Waals surface area contributed by atoms with Gasteiger partial charge in [-0.1, -0.05) is 30.3 Å². The Morgan fingerprint density at radius 1 is 1.11 bits per heavy atom. The topological polar surface area (TPSA) is 75.7 Å². The lowest BCUT2D eigenvalue weighted by Crippen LogP contribution is -2.36. The number of anilines is 1. The van der Waals surface area contributed by atoms with E-state index in [0.29, 0.717) is 11.4 Å². The standard InChI is InChI=1S/C20H26N2O4S/c1-16(9-10-17-7-5-4-6-8-17)21-20(23)15-26-19-13-11-18(12-14-19)22(2)27(3,24)25/h4-8,11-14,16H,9-10,15H2,1-3H3,(H,21,23)/t16-/m0/s1. The Labute approximate surface area is 161 Å². The molecule has 7 heteroatoms. The Morgan fingerprint density at radius 3 is 2.33 bits per heavy atom. The van der Waals surface area contributed by atoms with E-state index >= 15 is 0 Å². The highest BCUT2D eigenvalue weighted by molar-refractivity contribution is 7.92. The van der Waals surface area contributed by atoms with Crippen LogP contribution in [0.4, 0.5) is 5.69 Å². The first-order valence-electron chi connectivity index (χ1n) is 8.76. The molecule has 0 aliphatic rings. The largest absolute Gasteiger partial charge is 0.484 e. The van der Waals surface area contributed by atoms with Crippen molar-refractivity contribution in [3.63, 3.8) is 0 Å². The number of nitrogens with one attached hydrogen (secondary N) is 1. The molecule has 0 saturated carbocycles. The van der Waals surface area contributed by atoms with E-state index in [4.69, 9.17) is 4.74 Å². The molecule has 0 aliphatic heterocycles. The van der Waals surface area contributed by atoms with E-state index in [9.17, 15) is 13.2 Å². The molecular weight excluding hydrogens is 364 g/mol. The van der Waals surface area contributed by atoms with Crippen molar-refractivity contribution in [1.29, 1.82) is 0 Å². The number of hydrogen-bond donors (Lipinski definition) is 1. The highest BCUT2D eigenvalue weighted by Gasteiger charge is 2.12. The number of carbonyl (C=O) groups excluding carboxylic acids is 1. The van der Waals surface area contributed by atoms with E-state index in [0.717, 1.165) is 19.1 Å². The van der Waals surface area contributed by atoms with Crippen LogP contribution in [0, 0.1) is 0 Å². The SMILES string of the molecule is C[C@@H](CCc1ccccc1)NC(=O)COc1ccc(N(C)S(C)(=O)=O)cc1. The second-order valence-electron chi connectivity index (χ2n) is 6.51. The second-order valence-corrected chi connectivity index (χ2v) is 8.52. The van der Waals surface area contributed by atoms with Crippen molar-refractivity contribution in [2.75, 3.05) is 24.2 Å². The van der Waals surface area contributed by atoms with Crippen LogP contribution in [0.15, 0.2) is 54.6 Å². The minimum absolute atomic E-state index is 0.0482. The van der Waals surface area contributed by atoms with Crippen LogP contribution < -0.4 is 14.4 Å². The number of sulfonamides is 1. The smallest absolute Gasteiger partial charge is 0.258 e. The van der Waals surface area contributed by atoms with Gasteiger partial charge in [-0.25, -0.2) is 8.42 Å². The minimum atomic E-state index is -3.31. The third-order valence-electron chi connectivity index (χ3n) is 4.18. The quantitative estimate of drug-likeness (QED) is 0.714. The third kappa shape index (κ3) is 6.94. The van der Waals surface area contributed by atoms with Crippen molar-refractivity contribution in [1.82, 2.24) is 5.32 Å². The van der Waals surface area contributed by atoms with E-state index in [1.54, 1.807) is 24.3 Å². The molecule has 0 aliphatic carbocycles.